The summed E-state index contributed by atoms with van der Waals surface area (Å²) in [5, 5.41) is 2.51. The number of aromatic nitrogens is 1. The summed E-state index contributed by atoms with van der Waals surface area (Å²) in [6.45, 7) is 0.806. The van der Waals surface area contributed by atoms with Gasteiger partial charge in [0.15, 0.2) is 11.0 Å². The predicted molar refractivity (Wildman–Crippen MR) is 70.7 cm³/mol. The largest absolute Gasteiger partial charge is 0.322 e. The quantitative estimate of drug-likeness (QED) is 0.804. The molecular formula is C13H15ClFN3O. The number of nitrogens with zero attached hydrogens (tertiary/aromatic N) is 2. The highest BCUT2D eigenvalue weighted by Crippen LogP contribution is 2.35. The van der Waals surface area contributed by atoms with Gasteiger partial charge in [-0.25, -0.2) is 14.2 Å². The lowest BCUT2D eigenvalue weighted by molar-refractivity contribution is 0.0816. The second-order valence-electron chi connectivity index (χ2n) is 5.25. The molecule has 2 aliphatic heterocycles. The van der Waals surface area contributed by atoms with Crippen LogP contribution in [0.4, 0.5) is 14.9 Å². The highest BCUT2D eigenvalue weighted by atomic mass is 35.5. The van der Waals surface area contributed by atoms with Gasteiger partial charge < -0.3 is 10.2 Å². The van der Waals surface area contributed by atoms with Crippen LogP contribution in [0, 0.1) is 11.7 Å². The molecule has 6 heteroatoms. The third-order valence-electron chi connectivity index (χ3n) is 4.02. The maximum absolute atomic E-state index is 13.3. The van der Waals surface area contributed by atoms with Gasteiger partial charge in [-0.1, -0.05) is 11.6 Å². The molecule has 2 saturated heterocycles. The van der Waals surface area contributed by atoms with Gasteiger partial charge in [0, 0.05) is 18.7 Å². The molecule has 3 aliphatic rings. The number of hydrogen-bond donors (Lipinski definition) is 1. The molecule has 4 nitrogen and oxygen atoms in total. The first kappa shape index (κ1) is 12.7. The van der Waals surface area contributed by atoms with Crippen LogP contribution >= 0.6 is 11.6 Å². The molecular weight excluding hydrogens is 269 g/mol. The standard InChI is InChI=1S/C13H15ClFN3O/c14-12-11(15)5-9(6-16-12)17-13(19)18-7-8-1-3-10(18)4-2-8/h5-6,8,10H,1-4,7H2,(H,17,19). The minimum atomic E-state index is -0.625. The summed E-state index contributed by atoms with van der Waals surface area (Å²) in [5.41, 5.74) is 0.341. The number of piperidine rings is 2. The van der Waals surface area contributed by atoms with Crippen LogP contribution in [-0.4, -0.2) is 28.5 Å². The van der Waals surface area contributed by atoms with E-state index in [4.69, 9.17) is 11.6 Å². The fourth-order valence-electron chi connectivity index (χ4n) is 3.00. The molecule has 19 heavy (non-hydrogen) atoms. The Morgan fingerprint density at radius 2 is 2.16 bits per heavy atom. The highest BCUT2D eigenvalue weighted by molar-refractivity contribution is 6.29. The average molecular weight is 284 g/mol. The molecule has 0 radical (unpaired) electrons. The molecule has 4 rings (SSSR count). The number of carbonyl (C=O) groups excluding carboxylic acids is 1. The first-order chi connectivity index (χ1) is 9.13. The maximum Gasteiger partial charge on any atom is 0.322 e. The van der Waals surface area contributed by atoms with E-state index in [0.717, 1.165) is 19.4 Å². The van der Waals surface area contributed by atoms with E-state index in [2.05, 4.69) is 10.3 Å². The number of nitrogens with one attached hydrogen (secondary N) is 1. The number of rotatable bonds is 1. The van der Waals surface area contributed by atoms with Crippen LogP contribution in [0.1, 0.15) is 25.7 Å². The van der Waals surface area contributed by atoms with E-state index in [1.165, 1.54) is 25.1 Å². The Labute approximate surface area is 115 Å². The van der Waals surface area contributed by atoms with Crippen LogP contribution in [0.2, 0.25) is 5.15 Å². The van der Waals surface area contributed by atoms with Crippen molar-refractivity contribution >= 4 is 23.3 Å². The Balaban J connectivity index is 1.69. The minimum absolute atomic E-state index is 0.169. The lowest BCUT2D eigenvalue weighted by Gasteiger charge is -2.45. The molecule has 1 aromatic rings. The number of pyridine rings is 1. The van der Waals surface area contributed by atoms with Crippen LogP contribution in [0.5, 0.6) is 0 Å². The third-order valence-corrected chi connectivity index (χ3v) is 4.30. The molecule has 3 fully saturated rings. The monoisotopic (exact) mass is 283 g/mol. The number of fused-ring (bicyclic) bond motifs is 3. The molecule has 1 saturated carbocycles. The fourth-order valence-corrected chi connectivity index (χ4v) is 3.10. The average Bonchev–Trinajstić information content (AvgIpc) is 2.44. The molecule has 1 N–H and O–H groups in total. The van der Waals surface area contributed by atoms with E-state index < -0.39 is 5.82 Å². The number of halogens is 2. The first-order valence-electron chi connectivity index (χ1n) is 6.52. The van der Waals surface area contributed by atoms with Crippen LogP contribution in [0.25, 0.3) is 0 Å². The van der Waals surface area contributed by atoms with Crippen molar-refractivity contribution in [2.75, 3.05) is 11.9 Å². The Bertz CT molecular complexity index is 503. The summed E-state index contributed by atoms with van der Waals surface area (Å²) in [5.74, 6) is -0.00420. The Kier molecular flexibility index (Phi) is 3.31. The molecule has 2 amide bonds. The van der Waals surface area contributed by atoms with Crippen LogP contribution < -0.4 is 5.32 Å². The summed E-state index contributed by atoms with van der Waals surface area (Å²) in [6, 6.07) is 1.35. The molecule has 0 unspecified atom stereocenters. The number of urea groups is 1. The summed E-state index contributed by atoms with van der Waals surface area (Å²) in [4.78, 5) is 17.7. The van der Waals surface area contributed by atoms with Gasteiger partial charge in [0.25, 0.3) is 0 Å². The molecule has 2 bridgehead atoms. The second kappa shape index (κ2) is 4.96. The molecule has 1 aromatic heterocycles. The van der Waals surface area contributed by atoms with Crippen LogP contribution in [0.15, 0.2) is 12.3 Å². The van der Waals surface area contributed by atoms with Crippen molar-refractivity contribution in [1.29, 1.82) is 0 Å². The van der Waals surface area contributed by atoms with Crippen LogP contribution in [0.3, 0.4) is 0 Å². The number of carbonyl (C=O) groups is 1. The number of anilines is 1. The van der Waals surface area contributed by atoms with Crippen molar-refractivity contribution < 1.29 is 9.18 Å². The zero-order valence-electron chi connectivity index (χ0n) is 10.4. The third kappa shape index (κ3) is 2.52. The van der Waals surface area contributed by atoms with Crippen molar-refractivity contribution in [3.8, 4) is 0 Å². The van der Waals surface area contributed by atoms with E-state index >= 15 is 0 Å². The molecule has 102 valence electrons. The van der Waals surface area contributed by atoms with E-state index in [1.54, 1.807) is 0 Å². The maximum atomic E-state index is 13.3. The van der Waals surface area contributed by atoms with E-state index in [1.807, 2.05) is 4.90 Å². The van der Waals surface area contributed by atoms with Gasteiger partial charge in [-0.05, 0) is 31.6 Å². The van der Waals surface area contributed by atoms with Crippen molar-refractivity contribution in [3.63, 3.8) is 0 Å². The highest BCUT2D eigenvalue weighted by Gasteiger charge is 2.36. The van der Waals surface area contributed by atoms with Gasteiger partial charge in [0.2, 0.25) is 0 Å². The molecule has 1 aliphatic carbocycles. The van der Waals surface area contributed by atoms with E-state index in [0.29, 0.717) is 17.6 Å². The predicted octanol–water partition coefficient (Wildman–Crippen LogP) is 3.28. The van der Waals surface area contributed by atoms with Gasteiger partial charge >= 0.3 is 6.03 Å². The summed E-state index contributed by atoms with van der Waals surface area (Å²) in [6.07, 6.45) is 5.94. The van der Waals surface area contributed by atoms with Crippen molar-refractivity contribution in [1.82, 2.24) is 9.88 Å². The zero-order valence-corrected chi connectivity index (χ0v) is 11.2. The van der Waals surface area contributed by atoms with Gasteiger partial charge in [-0.2, -0.15) is 0 Å². The summed E-state index contributed by atoms with van der Waals surface area (Å²) in [7, 11) is 0. The Morgan fingerprint density at radius 3 is 2.74 bits per heavy atom. The first-order valence-corrected chi connectivity index (χ1v) is 6.90. The van der Waals surface area contributed by atoms with E-state index in [-0.39, 0.29) is 11.2 Å². The SMILES string of the molecule is O=C(Nc1cnc(Cl)c(F)c1)N1CC2CCC1CC2. The van der Waals surface area contributed by atoms with Crippen LogP contribution in [-0.2, 0) is 0 Å². The molecule has 3 heterocycles. The Hall–Kier alpha value is -1.36. The van der Waals surface area contributed by atoms with Gasteiger partial charge in [-0.3, -0.25) is 0 Å². The number of hydrogen-bond acceptors (Lipinski definition) is 2. The molecule has 0 atom stereocenters. The minimum Gasteiger partial charge on any atom is -0.321 e. The van der Waals surface area contributed by atoms with Gasteiger partial charge in [0.1, 0.15) is 0 Å². The fraction of sp³-hybridized carbons (Fsp3) is 0.538. The molecule has 0 aromatic carbocycles. The Morgan fingerprint density at radius 1 is 1.42 bits per heavy atom. The number of amides is 2. The van der Waals surface area contributed by atoms with E-state index in [9.17, 15) is 9.18 Å². The summed E-state index contributed by atoms with van der Waals surface area (Å²) < 4.78 is 13.3. The smallest absolute Gasteiger partial charge is 0.321 e. The summed E-state index contributed by atoms with van der Waals surface area (Å²) >= 11 is 5.51. The van der Waals surface area contributed by atoms with Crippen molar-refractivity contribution in [2.45, 2.75) is 31.7 Å². The topological polar surface area (TPSA) is 45.2 Å². The molecule has 0 spiro atoms. The normalized spacial score (nSPS) is 25.5. The van der Waals surface area contributed by atoms with Gasteiger partial charge in [0.05, 0.1) is 11.9 Å². The van der Waals surface area contributed by atoms with Crippen molar-refractivity contribution in [3.05, 3.63) is 23.2 Å². The zero-order chi connectivity index (χ0) is 13.4. The lowest BCUT2D eigenvalue weighted by Crippen LogP contribution is -2.52. The van der Waals surface area contributed by atoms with Gasteiger partial charge in [-0.15, -0.1) is 0 Å². The second-order valence-corrected chi connectivity index (χ2v) is 5.61. The van der Waals surface area contributed by atoms with Crippen molar-refractivity contribution in [2.24, 2.45) is 5.92 Å². The lowest BCUT2D eigenvalue weighted by atomic mass is 9.80.